The first kappa shape index (κ1) is 13.3. The van der Waals surface area contributed by atoms with Crippen molar-refractivity contribution in [1.29, 1.82) is 0 Å². The molecule has 0 unspecified atom stereocenters. The van der Waals surface area contributed by atoms with E-state index < -0.39 is 0 Å². The fourth-order valence-electron chi connectivity index (χ4n) is 1.96. The number of para-hydroxylation sites is 1. The van der Waals surface area contributed by atoms with Gasteiger partial charge in [-0.15, -0.1) is 0 Å². The molecular weight excluding hydrogens is 238 g/mol. The zero-order chi connectivity index (χ0) is 13.7. The number of benzene rings is 1. The smallest absolute Gasteiger partial charge is 0.132 e. The van der Waals surface area contributed by atoms with E-state index in [1.807, 2.05) is 31.3 Å². The number of aryl methyl sites for hydroxylation is 1. The number of methoxy groups -OCH3 is 1. The van der Waals surface area contributed by atoms with Gasteiger partial charge in [-0.05, 0) is 12.5 Å². The quantitative estimate of drug-likeness (QED) is 0.825. The van der Waals surface area contributed by atoms with Gasteiger partial charge in [-0.25, -0.2) is 9.97 Å². The predicted molar refractivity (Wildman–Crippen MR) is 76.5 cm³/mol. The number of hydrogen-bond acceptors (Lipinski definition) is 4. The van der Waals surface area contributed by atoms with Gasteiger partial charge < -0.3 is 9.64 Å². The average molecular weight is 257 g/mol. The molecule has 2 aromatic rings. The number of aromatic nitrogens is 2. The molecule has 0 bridgehead atoms. The van der Waals surface area contributed by atoms with Crippen molar-refractivity contribution >= 4 is 5.82 Å². The molecule has 0 saturated heterocycles. The summed E-state index contributed by atoms with van der Waals surface area (Å²) in [6.07, 6.45) is 2.53. The minimum atomic E-state index is 0.754. The molecule has 4 nitrogen and oxygen atoms in total. The third kappa shape index (κ3) is 3.22. The van der Waals surface area contributed by atoms with Crippen LogP contribution in [0, 0.1) is 0 Å². The van der Waals surface area contributed by atoms with E-state index in [1.54, 1.807) is 13.4 Å². The summed E-state index contributed by atoms with van der Waals surface area (Å²) in [5.41, 5.74) is 2.20. The Morgan fingerprint density at radius 1 is 1.21 bits per heavy atom. The van der Waals surface area contributed by atoms with E-state index in [4.69, 9.17) is 4.74 Å². The number of rotatable bonds is 5. The second-order valence-corrected chi connectivity index (χ2v) is 4.39. The van der Waals surface area contributed by atoms with E-state index in [2.05, 4.69) is 27.9 Å². The largest absolute Gasteiger partial charge is 0.496 e. The summed E-state index contributed by atoms with van der Waals surface area (Å²) in [5, 5.41) is 0. The highest BCUT2D eigenvalue weighted by molar-refractivity contribution is 5.42. The summed E-state index contributed by atoms with van der Waals surface area (Å²) in [6.45, 7) is 2.84. The Balaban J connectivity index is 2.18. The molecule has 0 aliphatic carbocycles. The monoisotopic (exact) mass is 257 g/mol. The minimum absolute atomic E-state index is 0.754. The number of hydrogen-bond donors (Lipinski definition) is 0. The Hall–Kier alpha value is -2.10. The van der Waals surface area contributed by atoms with Crippen LogP contribution in [0.4, 0.5) is 5.82 Å². The van der Waals surface area contributed by atoms with Crippen LogP contribution in [0.5, 0.6) is 5.75 Å². The topological polar surface area (TPSA) is 38.2 Å². The number of ether oxygens (including phenoxy) is 1. The van der Waals surface area contributed by atoms with Crippen molar-refractivity contribution in [3.63, 3.8) is 0 Å². The molecular formula is C15H19N3O. The molecule has 1 heterocycles. The van der Waals surface area contributed by atoms with Crippen molar-refractivity contribution in [2.24, 2.45) is 0 Å². The van der Waals surface area contributed by atoms with Crippen LogP contribution in [0.2, 0.25) is 0 Å². The summed E-state index contributed by atoms with van der Waals surface area (Å²) in [6, 6.07) is 10.1. The van der Waals surface area contributed by atoms with Crippen LogP contribution in [0.3, 0.4) is 0 Å². The first-order chi connectivity index (χ1) is 9.24. The van der Waals surface area contributed by atoms with Crippen molar-refractivity contribution in [2.45, 2.75) is 19.9 Å². The lowest BCUT2D eigenvalue weighted by atomic mass is 10.2. The summed E-state index contributed by atoms with van der Waals surface area (Å²) >= 11 is 0. The number of nitrogens with zero attached hydrogens (tertiary/aromatic N) is 3. The average Bonchev–Trinajstić information content (AvgIpc) is 2.47. The Labute approximate surface area is 114 Å². The van der Waals surface area contributed by atoms with Crippen molar-refractivity contribution in [3.05, 3.63) is 47.9 Å². The normalized spacial score (nSPS) is 10.3. The van der Waals surface area contributed by atoms with Gasteiger partial charge in [-0.1, -0.05) is 25.1 Å². The Kier molecular flexibility index (Phi) is 4.34. The first-order valence-corrected chi connectivity index (χ1v) is 6.38. The Morgan fingerprint density at radius 2 is 2.00 bits per heavy atom. The van der Waals surface area contributed by atoms with Gasteiger partial charge >= 0.3 is 0 Å². The van der Waals surface area contributed by atoms with Crippen LogP contribution in [-0.2, 0) is 13.0 Å². The zero-order valence-electron chi connectivity index (χ0n) is 11.6. The molecule has 1 aromatic carbocycles. The highest BCUT2D eigenvalue weighted by Gasteiger charge is 2.08. The van der Waals surface area contributed by atoms with E-state index in [1.165, 1.54) is 0 Å². The molecule has 0 N–H and O–H groups in total. The third-order valence-corrected chi connectivity index (χ3v) is 3.06. The molecule has 0 saturated carbocycles. The van der Waals surface area contributed by atoms with Gasteiger partial charge in [0.15, 0.2) is 0 Å². The summed E-state index contributed by atoms with van der Waals surface area (Å²) in [4.78, 5) is 10.6. The highest BCUT2D eigenvalue weighted by atomic mass is 16.5. The Morgan fingerprint density at radius 3 is 2.74 bits per heavy atom. The lowest BCUT2D eigenvalue weighted by Crippen LogP contribution is -2.18. The van der Waals surface area contributed by atoms with E-state index in [9.17, 15) is 0 Å². The van der Waals surface area contributed by atoms with Crippen LogP contribution in [-0.4, -0.2) is 24.1 Å². The maximum absolute atomic E-state index is 5.37. The van der Waals surface area contributed by atoms with Crippen LogP contribution in [0.25, 0.3) is 0 Å². The molecule has 4 heteroatoms. The second kappa shape index (κ2) is 6.18. The molecule has 0 aliphatic heterocycles. The van der Waals surface area contributed by atoms with Gasteiger partial charge in [0.1, 0.15) is 17.9 Å². The summed E-state index contributed by atoms with van der Waals surface area (Å²) in [7, 11) is 3.72. The van der Waals surface area contributed by atoms with Gasteiger partial charge in [-0.2, -0.15) is 0 Å². The molecule has 100 valence electrons. The molecule has 0 fully saturated rings. The maximum Gasteiger partial charge on any atom is 0.132 e. The standard InChI is InChI=1S/C15H19N3O/c1-4-13-9-15(17-11-16-13)18(2)10-12-7-5-6-8-14(12)19-3/h5-9,11H,4,10H2,1-3H3. The lowest BCUT2D eigenvalue weighted by molar-refractivity contribution is 0.409. The molecule has 19 heavy (non-hydrogen) atoms. The van der Waals surface area contributed by atoms with Crippen molar-refractivity contribution < 1.29 is 4.74 Å². The molecule has 0 amide bonds. The number of anilines is 1. The van der Waals surface area contributed by atoms with Crippen molar-refractivity contribution in [3.8, 4) is 5.75 Å². The van der Waals surface area contributed by atoms with Crippen LogP contribution >= 0.6 is 0 Å². The first-order valence-electron chi connectivity index (χ1n) is 6.38. The third-order valence-electron chi connectivity index (χ3n) is 3.06. The van der Waals surface area contributed by atoms with Gasteiger partial charge in [0.05, 0.1) is 7.11 Å². The molecule has 0 atom stereocenters. The van der Waals surface area contributed by atoms with Crippen LogP contribution < -0.4 is 9.64 Å². The van der Waals surface area contributed by atoms with Crippen LogP contribution in [0.1, 0.15) is 18.2 Å². The van der Waals surface area contributed by atoms with Gasteiger partial charge in [0, 0.05) is 30.9 Å². The molecule has 1 aromatic heterocycles. The molecule has 0 radical (unpaired) electrons. The fourth-order valence-corrected chi connectivity index (χ4v) is 1.96. The van der Waals surface area contributed by atoms with Gasteiger partial charge in [-0.3, -0.25) is 0 Å². The second-order valence-electron chi connectivity index (χ2n) is 4.39. The Bertz CT molecular complexity index is 542. The lowest BCUT2D eigenvalue weighted by Gasteiger charge is -2.19. The van der Waals surface area contributed by atoms with Crippen molar-refractivity contribution in [1.82, 2.24) is 9.97 Å². The van der Waals surface area contributed by atoms with Crippen LogP contribution in [0.15, 0.2) is 36.7 Å². The van der Waals surface area contributed by atoms with Gasteiger partial charge in [0.2, 0.25) is 0 Å². The maximum atomic E-state index is 5.37. The SMILES string of the molecule is CCc1cc(N(C)Cc2ccccc2OC)ncn1. The summed E-state index contributed by atoms with van der Waals surface area (Å²) < 4.78 is 5.37. The van der Waals surface area contributed by atoms with E-state index in [0.29, 0.717) is 0 Å². The predicted octanol–water partition coefficient (Wildman–Crippen LogP) is 2.68. The molecule has 0 spiro atoms. The van der Waals surface area contributed by atoms with Crippen molar-refractivity contribution in [2.75, 3.05) is 19.1 Å². The van der Waals surface area contributed by atoms with E-state index in [-0.39, 0.29) is 0 Å². The highest BCUT2D eigenvalue weighted by Crippen LogP contribution is 2.21. The molecule has 2 rings (SSSR count). The minimum Gasteiger partial charge on any atom is -0.496 e. The zero-order valence-corrected chi connectivity index (χ0v) is 11.6. The van der Waals surface area contributed by atoms with Gasteiger partial charge in [0.25, 0.3) is 0 Å². The van der Waals surface area contributed by atoms with E-state index >= 15 is 0 Å². The van der Waals surface area contributed by atoms with E-state index in [0.717, 1.165) is 35.8 Å². The fraction of sp³-hybridized carbons (Fsp3) is 0.333. The summed E-state index contributed by atoms with van der Waals surface area (Å²) in [5.74, 6) is 1.83. The molecule has 0 aliphatic rings.